The molecule has 3 aromatic rings. The molecule has 0 radical (unpaired) electrons. The summed E-state index contributed by atoms with van der Waals surface area (Å²) in [5, 5.41) is 23.0. The maximum Gasteiger partial charge on any atom is 0.334 e. The fraction of sp³-hybridized carbons (Fsp3) is 0.333. The average molecular weight is 466 g/mol. The third-order valence-corrected chi connectivity index (χ3v) is 6.37. The van der Waals surface area contributed by atoms with Gasteiger partial charge < -0.3 is 10.5 Å². The molecule has 0 aliphatic heterocycles. The molecule has 31 heavy (non-hydrogen) atoms. The molecule has 1 aliphatic rings. The van der Waals surface area contributed by atoms with Crippen LogP contribution in [0.4, 0.5) is 10.2 Å². The van der Waals surface area contributed by atoms with Crippen molar-refractivity contribution < 1.29 is 18.0 Å². The lowest BCUT2D eigenvalue weighted by Gasteiger charge is -2.29. The van der Waals surface area contributed by atoms with Crippen LogP contribution in [-0.2, 0) is 10.0 Å². The van der Waals surface area contributed by atoms with Gasteiger partial charge >= 0.3 is 10.0 Å². The van der Waals surface area contributed by atoms with Crippen molar-refractivity contribution in [3.63, 3.8) is 0 Å². The van der Waals surface area contributed by atoms with E-state index >= 15 is 0 Å². The number of fused-ring (bicyclic) bond motifs is 1. The second kappa shape index (κ2) is 8.35. The van der Waals surface area contributed by atoms with Crippen molar-refractivity contribution in [2.45, 2.75) is 37.8 Å². The first-order valence-electron chi connectivity index (χ1n) is 9.34. The predicted octanol–water partition coefficient (Wildman–Crippen LogP) is 2.65. The lowest BCUT2D eigenvalue weighted by molar-refractivity contribution is 0.104. The SMILES string of the molecule is N#CS(=O)(=O)n1cc(-c2ncc(F)c(N[C@H]3CCC[C@H](NO)C3)n2)c2cc(Cl)cnc21. The summed E-state index contributed by atoms with van der Waals surface area (Å²) in [5.74, 6) is -0.683. The number of rotatable bonds is 5. The Morgan fingerprint density at radius 3 is 2.81 bits per heavy atom. The summed E-state index contributed by atoms with van der Waals surface area (Å²) in [4.78, 5) is 12.3. The molecular weight excluding hydrogens is 449 g/mol. The number of nitrogens with one attached hydrogen (secondary N) is 2. The number of nitrogens with zero attached hydrogens (tertiary/aromatic N) is 5. The van der Waals surface area contributed by atoms with Gasteiger partial charge in [-0.2, -0.15) is 13.7 Å². The number of nitriles is 1. The Kier molecular flexibility index (Phi) is 5.76. The Labute approximate surface area is 181 Å². The van der Waals surface area contributed by atoms with Gasteiger partial charge in [0.15, 0.2) is 23.1 Å². The molecule has 162 valence electrons. The van der Waals surface area contributed by atoms with Gasteiger partial charge in [0, 0.05) is 35.4 Å². The number of halogens is 2. The molecule has 1 saturated carbocycles. The van der Waals surface area contributed by atoms with Crippen LogP contribution < -0.4 is 10.8 Å². The molecule has 3 aromatic heterocycles. The second-order valence-electron chi connectivity index (χ2n) is 7.18. The van der Waals surface area contributed by atoms with Gasteiger partial charge in [-0.25, -0.2) is 28.8 Å². The minimum absolute atomic E-state index is 0.0208. The van der Waals surface area contributed by atoms with Crippen LogP contribution in [0.5, 0.6) is 0 Å². The summed E-state index contributed by atoms with van der Waals surface area (Å²) >= 11 is 6.02. The van der Waals surface area contributed by atoms with E-state index in [1.165, 1.54) is 17.7 Å². The third-order valence-electron chi connectivity index (χ3n) is 5.14. The zero-order valence-corrected chi connectivity index (χ0v) is 17.5. The number of anilines is 1. The molecule has 2 atom stereocenters. The fourth-order valence-electron chi connectivity index (χ4n) is 3.69. The number of thiocyanates is 1. The molecule has 0 saturated heterocycles. The van der Waals surface area contributed by atoms with Crippen molar-refractivity contribution in [2.24, 2.45) is 0 Å². The summed E-state index contributed by atoms with van der Waals surface area (Å²) in [5.41, 5.74) is 2.45. The largest absolute Gasteiger partial charge is 0.365 e. The van der Waals surface area contributed by atoms with E-state index < -0.39 is 15.8 Å². The standard InChI is InChI=1S/C18H17ClFN7O3S/c19-10-4-13-14(8-27(18(13)23-6-10)31(29,30)9-21)16-22-7-15(20)17(25-16)24-11-2-1-3-12(5-11)26-28/h4,6-8,11-12,26,28H,1-3,5H2,(H,22,24,25)/t11-,12-/m0/s1. The third kappa shape index (κ3) is 4.17. The van der Waals surface area contributed by atoms with Crippen molar-refractivity contribution >= 4 is 38.5 Å². The number of hydrogen-bond acceptors (Lipinski definition) is 9. The number of hydrogen-bond donors (Lipinski definition) is 3. The van der Waals surface area contributed by atoms with Crippen LogP contribution in [0, 0.1) is 16.5 Å². The predicted molar refractivity (Wildman–Crippen MR) is 110 cm³/mol. The van der Waals surface area contributed by atoms with Gasteiger partial charge in [0.05, 0.1) is 11.2 Å². The average Bonchev–Trinajstić information content (AvgIpc) is 3.15. The van der Waals surface area contributed by atoms with Crippen LogP contribution in [0.3, 0.4) is 0 Å². The van der Waals surface area contributed by atoms with Crippen molar-refractivity contribution in [3.05, 3.63) is 35.5 Å². The molecule has 0 amide bonds. The Hall–Kier alpha value is -2.85. The molecule has 0 spiro atoms. The van der Waals surface area contributed by atoms with E-state index in [1.807, 2.05) is 0 Å². The van der Waals surface area contributed by atoms with Crippen LogP contribution >= 0.6 is 11.6 Å². The van der Waals surface area contributed by atoms with Crippen molar-refractivity contribution in [1.82, 2.24) is 24.4 Å². The zero-order valence-electron chi connectivity index (χ0n) is 16.0. The lowest BCUT2D eigenvalue weighted by Crippen LogP contribution is -2.37. The quantitative estimate of drug-likeness (QED) is 0.294. The normalized spacial score (nSPS) is 19.3. The summed E-state index contributed by atoms with van der Waals surface area (Å²) in [7, 11) is -4.33. The zero-order chi connectivity index (χ0) is 22.2. The minimum atomic E-state index is -4.33. The van der Waals surface area contributed by atoms with E-state index in [2.05, 4.69) is 25.7 Å². The molecule has 10 nitrogen and oxygen atoms in total. The molecule has 1 fully saturated rings. The molecule has 13 heteroatoms. The van der Waals surface area contributed by atoms with E-state index in [-0.39, 0.29) is 40.0 Å². The lowest BCUT2D eigenvalue weighted by atomic mass is 9.91. The summed E-state index contributed by atoms with van der Waals surface area (Å²) in [6.45, 7) is 0. The van der Waals surface area contributed by atoms with Gasteiger partial charge in [-0.1, -0.05) is 11.6 Å². The number of hydroxylamine groups is 1. The van der Waals surface area contributed by atoms with Crippen LogP contribution in [0.15, 0.2) is 24.7 Å². The highest BCUT2D eigenvalue weighted by molar-refractivity contribution is 7.94. The summed E-state index contributed by atoms with van der Waals surface area (Å²) in [6, 6.07) is 1.26. The van der Waals surface area contributed by atoms with E-state index in [1.54, 1.807) is 0 Å². The molecule has 1 aliphatic carbocycles. The minimum Gasteiger partial charge on any atom is -0.365 e. The first kappa shape index (κ1) is 21.4. The second-order valence-corrected chi connectivity index (χ2v) is 9.15. The molecule has 4 rings (SSSR count). The van der Waals surface area contributed by atoms with Crippen LogP contribution in [-0.4, -0.2) is 44.6 Å². The van der Waals surface area contributed by atoms with Gasteiger partial charge in [0.2, 0.25) is 5.40 Å². The van der Waals surface area contributed by atoms with Gasteiger partial charge in [0.25, 0.3) is 0 Å². The number of pyridine rings is 1. The monoisotopic (exact) mass is 465 g/mol. The van der Waals surface area contributed by atoms with E-state index in [0.29, 0.717) is 15.8 Å². The highest BCUT2D eigenvalue weighted by atomic mass is 35.5. The van der Waals surface area contributed by atoms with Crippen molar-refractivity contribution in [3.8, 4) is 16.8 Å². The molecular formula is C18H17ClFN7O3S. The highest BCUT2D eigenvalue weighted by Crippen LogP contribution is 2.31. The maximum atomic E-state index is 14.4. The highest BCUT2D eigenvalue weighted by Gasteiger charge is 2.25. The Bertz CT molecular complexity index is 1290. The molecule has 0 bridgehead atoms. The van der Waals surface area contributed by atoms with Crippen LogP contribution in [0.2, 0.25) is 5.02 Å². The molecule has 3 heterocycles. The van der Waals surface area contributed by atoms with Gasteiger partial charge in [0.1, 0.15) is 0 Å². The molecule has 0 unspecified atom stereocenters. The van der Waals surface area contributed by atoms with Crippen LogP contribution in [0.25, 0.3) is 22.4 Å². The first-order chi connectivity index (χ1) is 14.8. The first-order valence-corrected chi connectivity index (χ1v) is 11.2. The van der Waals surface area contributed by atoms with Crippen molar-refractivity contribution in [1.29, 1.82) is 5.26 Å². The summed E-state index contributed by atoms with van der Waals surface area (Å²) in [6.07, 6.45) is 6.41. The topological polar surface area (TPSA) is 146 Å². The molecule has 0 aromatic carbocycles. The van der Waals surface area contributed by atoms with Gasteiger partial charge in [-0.15, -0.1) is 0 Å². The Balaban J connectivity index is 1.78. The van der Waals surface area contributed by atoms with Gasteiger partial charge in [-0.05, 0) is 31.7 Å². The van der Waals surface area contributed by atoms with Gasteiger partial charge in [-0.3, -0.25) is 0 Å². The Morgan fingerprint density at radius 2 is 2.06 bits per heavy atom. The van der Waals surface area contributed by atoms with Crippen LogP contribution in [0.1, 0.15) is 25.7 Å². The molecule has 3 N–H and O–H groups in total. The van der Waals surface area contributed by atoms with E-state index in [9.17, 15) is 12.8 Å². The Morgan fingerprint density at radius 1 is 1.29 bits per heavy atom. The van der Waals surface area contributed by atoms with E-state index in [0.717, 1.165) is 31.7 Å². The summed E-state index contributed by atoms with van der Waals surface area (Å²) < 4.78 is 39.5. The van der Waals surface area contributed by atoms with Crippen molar-refractivity contribution in [2.75, 3.05) is 5.32 Å². The maximum absolute atomic E-state index is 14.4. The smallest absolute Gasteiger partial charge is 0.334 e. The fourth-order valence-corrected chi connectivity index (χ4v) is 4.55. The van der Waals surface area contributed by atoms with E-state index in [4.69, 9.17) is 22.1 Å². The number of aromatic nitrogens is 4.